The van der Waals surface area contributed by atoms with Crippen LogP contribution in [0.5, 0.6) is 0 Å². The van der Waals surface area contributed by atoms with Gasteiger partial charge in [0.05, 0.1) is 13.5 Å². The number of rotatable bonds is 3. The van der Waals surface area contributed by atoms with Crippen molar-refractivity contribution in [2.45, 2.75) is 12.8 Å². The Morgan fingerprint density at radius 2 is 2.12 bits per heavy atom. The first-order valence-corrected chi connectivity index (χ1v) is 4.15. The molecule has 0 N–H and O–H groups in total. The third-order valence-corrected chi connectivity index (χ3v) is 1.80. The van der Waals surface area contributed by atoms with Crippen LogP contribution in [0.15, 0.2) is 6.07 Å². The van der Waals surface area contributed by atoms with Gasteiger partial charge in [0.2, 0.25) is 5.95 Å². The molecule has 0 aliphatic heterocycles. The predicted octanol–water partition coefficient (Wildman–Crippen LogP) is 2.01. The van der Waals surface area contributed by atoms with Gasteiger partial charge in [-0.1, -0.05) is 0 Å². The summed E-state index contributed by atoms with van der Waals surface area (Å²) in [6.45, 7) is 0. The number of pyridine rings is 1. The van der Waals surface area contributed by atoms with Crippen molar-refractivity contribution in [3.05, 3.63) is 29.1 Å². The molecule has 0 saturated carbocycles. The quantitative estimate of drug-likeness (QED) is 0.458. The molecule has 0 amide bonds. The number of esters is 1. The smallest absolute Gasteiger partial charge is 0.310 e. The summed E-state index contributed by atoms with van der Waals surface area (Å²) in [6, 6.07) is 0.581. The molecule has 0 bridgehead atoms. The van der Waals surface area contributed by atoms with Crippen LogP contribution in [-0.4, -0.2) is 18.1 Å². The molecule has 0 unspecified atom stereocenters. The van der Waals surface area contributed by atoms with E-state index in [1.807, 2.05) is 0 Å². The van der Waals surface area contributed by atoms with E-state index in [-0.39, 0.29) is 0 Å². The summed E-state index contributed by atoms with van der Waals surface area (Å²) in [7, 11) is 1.05. The third kappa shape index (κ3) is 2.68. The van der Waals surface area contributed by atoms with Gasteiger partial charge in [-0.3, -0.25) is 4.79 Å². The minimum atomic E-state index is -3.24. The van der Waals surface area contributed by atoms with E-state index in [1.165, 1.54) is 0 Å². The van der Waals surface area contributed by atoms with Gasteiger partial charge >= 0.3 is 5.97 Å². The molecule has 0 atom stereocenters. The highest BCUT2D eigenvalue weighted by Gasteiger charge is 2.21. The van der Waals surface area contributed by atoms with Crippen molar-refractivity contribution >= 4 is 5.97 Å². The van der Waals surface area contributed by atoms with Crippen molar-refractivity contribution in [1.29, 1.82) is 0 Å². The van der Waals surface area contributed by atoms with Gasteiger partial charge in [0.25, 0.3) is 6.43 Å². The van der Waals surface area contributed by atoms with E-state index in [0.29, 0.717) is 6.07 Å². The largest absolute Gasteiger partial charge is 0.469 e. The van der Waals surface area contributed by atoms with Crippen LogP contribution in [0.4, 0.5) is 17.6 Å². The first-order chi connectivity index (χ1) is 7.45. The topological polar surface area (TPSA) is 39.2 Å². The second-order valence-electron chi connectivity index (χ2n) is 2.86. The Kier molecular flexibility index (Phi) is 3.81. The maximum absolute atomic E-state index is 13.3. The Labute approximate surface area is 88.0 Å². The third-order valence-electron chi connectivity index (χ3n) is 1.80. The van der Waals surface area contributed by atoms with Crippen molar-refractivity contribution in [3.63, 3.8) is 0 Å². The van der Waals surface area contributed by atoms with Crippen LogP contribution in [0.1, 0.15) is 17.7 Å². The molecule has 1 aromatic rings. The summed E-state index contributed by atoms with van der Waals surface area (Å²) in [5.74, 6) is -3.51. The molecule has 0 saturated heterocycles. The van der Waals surface area contributed by atoms with Gasteiger partial charge in [0, 0.05) is 5.56 Å². The van der Waals surface area contributed by atoms with Gasteiger partial charge in [-0.25, -0.2) is 18.2 Å². The molecular weight excluding hydrogens is 230 g/mol. The van der Waals surface area contributed by atoms with Crippen LogP contribution in [0.25, 0.3) is 0 Å². The lowest BCUT2D eigenvalue weighted by Gasteiger charge is -2.06. The van der Waals surface area contributed by atoms with E-state index in [4.69, 9.17) is 0 Å². The Balaban J connectivity index is 3.14. The lowest BCUT2D eigenvalue weighted by atomic mass is 10.1. The minimum Gasteiger partial charge on any atom is -0.469 e. The zero-order valence-electron chi connectivity index (χ0n) is 8.14. The van der Waals surface area contributed by atoms with Crippen LogP contribution >= 0.6 is 0 Å². The number of carbonyl (C=O) groups excluding carboxylic acids is 1. The summed E-state index contributed by atoms with van der Waals surface area (Å²) in [6.07, 6.45) is -3.87. The van der Waals surface area contributed by atoms with Crippen molar-refractivity contribution in [1.82, 2.24) is 4.98 Å². The van der Waals surface area contributed by atoms with Gasteiger partial charge in [-0.2, -0.15) is 4.39 Å². The van der Waals surface area contributed by atoms with Crippen LogP contribution in [-0.2, 0) is 16.0 Å². The zero-order chi connectivity index (χ0) is 12.3. The molecule has 0 aliphatic rings. The highest BCUT2D eigenvalue weighted by molar-refractivity contribution is 5.72. The molecule has 0 aliphatic carbocycles. The van der Waals surface area contributed by atoms with E-state index in [0.717, 1.165) is 7.11 Å². The number of methoxy groups -OCH3 is 1. The van der Waals surface area contributed by atoms with E-state index < -0.39 is 41.8 Å². The fourth-order valence-electron chi connectivity index (χ4n) is 1.07. The number of ether oxygens (including phenoxy) is 1. The average Bonchev–Trinajstić information content (AvgIpc) is 2.22. The van der Waals surface area contributed by atoms with Gasteiger partial charge in [0.15, 0.2) is 5.82 Å². The van der Waals surface area contributed by atoms with Crippen LogP contribution in [0, 0.1) is 11.8 Å². The lowest BCUT2D eigenvalue weighted by molar-refractivity contribution is -0.139. The van der Waals surface area contributed by atoms with Gasteiger partial charge < -0.3 is 4.74 Å². The molecule has 1 rings (SSSR count). The molecule has 7 heteroatoms. The molecule has 16 heavy (non-hydrogen) atoms. The van der Waals surface area contributed by atoms with Gasteiger partial charge in [0.1, 0.15) is 5.69 Å². The fraction of sp³-hybridized carbons (Fsp3) is 0.333. The van der Waals surface area contributed by atoms with E-state index >= 15 is 0 Å². The van der Waals surface area contributed by atoms with Crippen molar-refractivity contribution in [2.75, 3.05) is 7.11 Å². The molecule has 0 spiro atoms. The highest BCUT2D eigenvalue weighted by atomic mass is 19.3. The van der Waals surface area contributed by atoms with E-state index in [1.54, 1.807) is 0 Å². The molecule has 1 heterocycles. The maximum atomic E-state index is 13.3. The van der Waals surface area contributed by atoms with Gasteiger partial charge in [-0.15, -0.1) is 0 Å². The Morgan fingerprint density at radius 1 is 1.50 bits per heavy atom. The highest BCUT2D eigenvalue weighted by Crippen LogP contribution is 2.23. The van der Waals surface area contributed by atoms with Crippen LogP contribution in [0.3, 0.4) is 0 Å². The van der Waals surface area contributed by atoms with Crippen LogP contribution in [0.2, 0.25) is 0 Å². The molecule has 88 valence electrons. The number of carbonyl (C=O) groups is 1. The average molecular weight is 237 g/mol. The first kappa shape index (κ1) is 12.4. The molecule has 3 nitrogen and oxygen atoms in total. The number of hydrogen-bond acceptors (Lipinski definition) is 3. The molecule has 0 fully saturated rings. The Hall–Kier alpha value is -1.66. The van der Waals surface area contributed by atoms with Gasteiger partial charge in [-0.05, 0) is 6.07 Å². The minimum absolute atomic E-state index is 0.505. The summed E-state index contributed by atoms with van der Waals surface area (Å²) in [5, 5.41) is 0. The van der Waals surface area contributed by atoms with Crippen molar-refractivity contribution in [3.8, 4) is 0 Å². The van der Waals surface area contributed by atoms with Crippen molar-refractivity contribution < 1.29 is 27.1 Å². The first-order valence-electron chi connectivity index (χ1n) is 4.15. The number of halogens is 4. The summed E-state index contributed by atoms with van der Waals surface area (Å²) in [5.41, 5.74) is -1.81. The number of hydrogen-bond donors (Lipinski definition) is 0. The normalized spacial score (nSPS) is 10.6. The van der Waals surface area contributed by atoms with E-state index in [9.17, 15) is 22.4 Å². The molecular formula is C9H7F4NO2. The Bertz CT molecular complexity index is 409. The lowest BCUT2D eigenvalue weighted by Crippen LogP contribution is -2.10. The fourth-order valence-corrected chi connectivity index (χ4v) is 1.07. The number of nitrogens with zero attached hydrogens (tertiary/aromatic N) is 1. The number of alkyl halides is 2. The number of aromatic nitrogens is 1. The second kappa shape index (κ2) is 4.91. The van der Waals surface area contributed by atoms with Crippen molar-refractivity contribution in [2.24, 2.45) is 0 Å². The van der Waals surface area contributed by atoms with Crippen LogP contribution < -0.4 is 0 Å². The van der Waals surface area contributed by atoms with E-state index in [2.05, 4.69) is 9.72 Å². The second-order valence-corrected chi connectivity index (χ2v) is 2.86. The monoisotopic (exact) mass is 237 g/mol. The zero-order valence-corrected chi connectivity index (χ0v) is 8.14. The standard InChI is InChI=1S/C9H7F4NO2/c1-16-6(15)3-4-2-5(10)14-8(7(4)11)9(12)13/h2,9H,3H2,1H3. The summed E-state index contributed by atoms with van der Waals surface area (Å²) in [4.78, 5) is 13.5. The SMILES string of the molecule is COC(=O)Cc1cc(F)nc(C(F)F)c1F. The Morgan fingerprint density at radius 3 is 2.62 bits per heavy atom. The maximum Gasteiger partial charge on any atom is 0.310 e. The molecule has 0 aromatic carbocycles. The predicted molar refractivity (Wildman–Crippen MR) is 44.8 cm³/mol. The molecule has 0 radical (unpaired) electrons. The molecule has 1 aromatic heterocycles. The summed E-state index contributed by atoms with van der Waals surface area (Å²) < 4.78 is 54.7. The summed E-state index contributed by atoms with van der Waals surface area (Å²) >= 11 is 0.